The maximum atomic E-state index is 12.4. The first kappa shape index (κ1) is 14.3. The van der Waals surface area contributed by atoms with Crippen molar-refractivity contribution in [1.29, 1.82) is 0 Å². The van der Waals surface area contributed by atoms with Crippen molar-refractivity contribution in [3.8, 4) is 0 Å². The Kier molecular flexibility index (Phi) is 3.19. The highest BCUT2D eigenvalue weighted by molar-refractivity contribution is 6.04. The second kappa shape index (κ2) is 5.38. The van der Waals surface area contributed by atoms with Crippen LogP contribution in [-0.4, -0.2) is 30.6 Å². The Balaban J connectivity index is 1.66. The molecule has 0 radical (unpaired) electrons. The first-order valence-corrected chi connectivity index (χ1v) is 7.44. The molecule has 4 aromatic rings. The van der Waals surface area contributed by atoms with Crippen LogP contribution < -0.4 is 5.32 Å². The number of aryl methyl sites for hydroxylation is 2. The lowest BCUT2D eigenvalue weighted by Crippen LogP contribution is -2.14. The minimum Gasteiger partial charge on any atom is -0.319 e. The number of nitrogens with zero attached hydrogens (tertiary/aromatic N) is 5. The van der Waals surface area contributed by atoms with Crippen LogP contribution in [0.3, 0.4) is 0 Å². The number of hydrogen-bond donors (Lipinski definition) is 1. The van der Waals surface area contributed by atoms with Crippen molar-refractivity contribution in [2.75, 3.05) is 5.32 Å². The molecule has 3 heterocycles. The predicted octanol–water partition coefficient (Wildman–Crippen LogP) is 2.47. The third-order valence-electron chi connectivity index (χ3n) is 3.80. The fourth-order valence-electron chi connectivity index (χ4n) is 2.64. The van der Waals surface area contributed by atoms with Crippen LogP contribution in [0.15, 0.2) is 42.7 Å². The highest BCUT2D eigenvalue weighted by Crippen LogP contribution is 2.19. The van der Waals surface area contributed by atoms with E-state index in [2.05, 4.69) is 25.4 Å². The van der Waals surface area contributed by atoms with Crippen molar-refractivity contribution >= 4 is 33.7 Å². The molecule has 4 rings (SSSR count). The zero-order valence-corrected chi connectivity index (χ0v) is 13.2. The molecule has 0 fully saturated rings. The predicted molar refractivity (Wildman–Crippen MR) is 90.7 cm³/mol. The average molecular weight is 318 g/mol. The molecule has 1 N–H and O–H groups in total. The fourth-order valence-corrected chi connectivity index (χ4v) is 2.64. The number of anilines is 1. The zero-order chi connectivity index (χ0) is 16.7. The molecule has 0 aliphatic heterocycles. The van der Waals surface area contributed by atoms with Gasteiger partial charge >= 0.3 is 0 Å². The summed E-state index contributed by atoms with van der Waals surface area (Å²) >= 11 is 0. The summed E-state index contributed by atoms with van der Waals surface area (Å²) < 4.78 is 1.71. The lowest BCUT2D eigenvalue weighted by molar-refractivity contribution is 0.102. The van der Waals surface area contributed by atoms with Crippen molar-refractivity contribution < 1.29 is 4.79 Å². The summed E-state index contributed by atoms with van der Waals surface area (Å²) in [4.78, 5) is 25.4. The van der Waals surface area contributed by atoms with Gasteiger partial charge in [-0.05, 0) is 25.1 Å². The molecule has 118 valence electrons. The van der Waals surface area contributed by atoms with Crippen LogP contribution in [0, 0.1) is 6.92 Å². The van der Waals surface area contributed by atoms with Gasteiger partial charge in [-0.3, -0.25) is 14.5 Å². The maximum Gasteiger partial charge on any atom is 0.275 e. The van der Waals surface area contributed by atoms with Gasteiger partial charge in [-0.15, -0.1) is 0 Å². The molecule has 7 nitrogen and oxygen atoms in total. The molecule has 0 saturated heterocycles. The number of aromatic nitrogens is 5. The molecular weight excluding hydrogens is 304 g/mol. The Morgan fingerprint density at radius 1 is 1.12 bits per heavy atom. The van der Waals surface area contributed by atoms with Crippen LogP contribution in [0.5, 0.6) is 0 Å². The first-order chi connectivity index (χ1) is 11.6. The number of fused-ring (bicyclic) bond motifs is 2. The highest BCUT2D eigenvalue weighted by atomic mass is 16.1. The third kappa shape index (κ3) is 2.36. The standard InChI is InChI=1S/C17H14N6O/c1-10-12-7-11(8-19-16(12)23(2)22-10)20-17(24)15-9-18-13-5-3-4-6-14(13)21-15/h3-9H,1-2H3,(H,20,24). The molecule has 3 aromatic heterocycles. The number of amides is 1. The van der Waals surface area contributed by atoms with Crippen LogP contribution in [0.2, 0.25) is 0 Å². The van der Waals surface area contributed by atoms with E-state index >= 15 is 0 Å². The summed E-state index contributed by atoms with van der Waals surface area (Å²) in [6.07, 6.45) is 3.08. The van der Waals surface area contributed by atoms with E-state index in [4.69, 9.17) is 0 Å². The molecular formula is C17H14N6O. The molecule has 0 saturated carbocycles. The van der Waals surface area contributed by atoms with E-state index in [9.17, 15) is 4.79 Å². The van der Waals surface area contributed by atoms with E-state index in [0.717, 1.165) is 22.2 Å². The summed E-state index contributed by atoms with van der Waals surface area (Å²) in [5, 5.41) is 8.04. The van der Waals surface area contributed by atoms with Gasteiger partial charge in [0.15, 0.2) is 5.65 Å². The van der Waals surface area contributed by atoms with Crippen molar-refractivity contribution in [3.05, 3.63) is 54.1 Å². The van der Waals surface area contributed by atoms with Gasteiger partial charge in [0.25, 0.3) is 5.91 Å². The average Bonchev–Trinajstić information content (AvgIpc) is 2.88. The summed E-state index contributed by atoms with van der Waals surface area (Å²) in [6.45, 7) is 1.91. The summed E-state index contributed by atoms with van der Waals surface area (Å²) in [7, 11) is 1.84. The number of benzene rings is 1. The molecule has 7 heteroatoms. The number of hydrogen-bond acceptors (Lipinski definition) is 5. The van der Waals surface area contributed by atoms with E-state index in [0.29, 0.717) is 11.2 Å². The number of nitrogens with one attached hydrogen (secondary N) is 1. The number of carbonyl (C=O) groups is 1. The van der Waals surface area contributed by atoms with Crippen LogP contribution in [-0.2, 0) is 7.05 Å². The molecule has 0 spiro atoms. The van der Waals surface area contributed by atoms with Gasteiger partial charge in [-0.1, -0.05) is 12.1 Å². The molecule has 24 heavy (non-hydrogen) atoms. The second-order valence-electron chi connectivity index (χ2n) is 5.50. The quantitative estimate of drug-likeness (QED) is 0.613. The van der Waals surface area contributed by atoms with Gasteiger partial charge < -0.3 is 5.32 Å². The van der Waals surface area contributed by atoms with Crippen molar-refractivity contribution in [1.82, 2.24) is 24.7 Å². The van der Waals surface area contributed by atoms with Crippen molar-refractivity contribution in [3.63, 3.8) is 0 Å². The van der Waals surface area contributed by atoms with E-state index in [1.54, 1.807) is 10.9 Å². The normalized spacial score (nSPS) is 11.1. The Hall–Kier alpha value is -3.35. The van der Waals surface area contributed by atoms with Gasteiger partial charge in [0.1, 0.15) is 5.69 Å². The Bertz CT molecular complexity index is 1090. The summed E-state index contributed by atoms with van der Waals surface area (Å²) in [5.74, 6) is -0.323. The third-order valence-corrected chi connectivity index (χ3v) is 3.80. The molecule has 0 aliphatic rings. The van der Waals surface area contributed by atoms with Crippen LogP contribution in [0.4, 0.5) is 5.69 Å². The number of pyridine rings is 1. The number of carbonyl (C=O) groups excluding carboxylic acids is 1. The largest absolute Gasteiger partial charge is 0.319 e. The van der Waals surface area contributed by atoms with E-state index in [-0.39, 0.29) is 11.6 Å². The van der Waals surface area contributed by atoms with E-state index in [1.165, 1.54) is 6.20 Å². The minimum absolute atomic E-state index is 0.261. The smallest absolute Gasteiger partial charge is 0.275 e. The molecule has 0 bridgehead atoms. The Morgan fingerprint density at radius 3 is 2.75 bits per heavy atom. The van der Waals surface area contributed by atoms with Gasteiger partial charge in [-0.25, -0.2) is 9.97 Å². The van der Waals surface area contributed by atoms with E-state index in [1.807, 2.05) is 44.3 Å². The maximum absolute atomic E-state index is 12.4. The lowest BCUT2D eigenvalue weighted by atomic mass is 10.2. The minimum atomic E-state index is -0.323. The molecule has 0 aliphatic carbocycles. The van der Waals surface area contributed by atoms with Gasteiger partial charge in [-0.2, -0.15) is 5.10 Å². The highest BCUT2D eigenvalue weighted by Gasteiger charge is 2.12. The van der Waals surface area contributed by atoms with Crippen LogP contribution in [0.25, 0.3) is 22.1 Å². The van der Waals surface area contributed by atoms with Crippen LogP contribution >= 0.6 is 0 Å². The summed E-state index contributed by atoms with van der Waals surface area (Å²) in [5.41, 5.74) is 3.93. The van der Waals surface area contributed by atoms with Crippen molar-refractivity contribution in [2.24, 2.45) is 7.05 Å². The van der Waals surface area contributed by atoms with Crippen molar-refractivity contribution in [2.45, 2.75) is 6.92 Å². The SMILES string of the molecule is Cc1nn(C)c2ncc(NC(=O)c3cnc4ccccc4n3)cc12. The Morgan fingerprint density at radius 2 is 1.92 bits per heavy atom. The molecule has 1 aromatic carbocycles. The van der Waals surface area contributed by atoms with E-state index < -0.39 is 0 Å². The summed E-state index contributed by atoms with van der Waals surface area (Å²) in [6, 6.07) is 9.28. The monoisotopic (exact) mass is 318 g/mol. The lowest BCUT2D eigenvalue weighted by Gasteiger charge is -2.05. The molecule has 1 amide bonds. The Labute approximate surface area is 137 Å². The van der Waals surface area contributed by atoms with Gasteiger partial charge in [0.2, 0.25) is 0 Å². The van der Waals surface area contributed by atoms with Gasteiger partial charge in [0.05, 0.1) is 34.8 Å². The second-order valence-corrected chi connectivity index (χ2v) is 5.50. The number of rotatable bonds is 2. The zero-order valence-electron chi connectivity index (χ0n) is 13.2. The first-order valence-electron chi connectivity index (χ1n) is 7.44. The molecule has 0 unspecified atom stereocenters. The molecule has 0 atom stereocenters. The number of para-hydroxylation sites is 2. The van der Waals surface area contributed by atoms with Crippen LogP contribution in [0.1, 0.15) is 16.2 Å². The van der Waals surface area contributed by atoms with Gasteiger partial charge in [0, 0.05) is 12.4 Å². The fraction of sp³-hybridized carbons (Fsp3) is 0.118. The topological polar surface area (TPSA) is 85.6 Å².